The highest BCUT2D eigenvalue weighted by Crippen LogP contribution is 2.15. The molecule has 2 aromatic carbocycles. The van der Waals surface area contributed by atoms with E-state index in [0.29, 0.717) is 0 Å². The summed E-state index contributed by atoms with van der Waals surface area (Å²) in [6.07, 6.45) is 0. The molecular weight excluding hydrogens is 461 g/mol. The Bertz CT molecular complexity index is 740. The summed E-state index contributed by atoms with van der Waals surface area (Å²) in [4.78, 5) is 11.5. The molecule has 0 atom stereocenters. The first-order valence-electron chi connectivity index (χ1n) is 9.64. The Hall–Kier alpha value is -1.80. The largest absolute Gasteiger partial charge is 0.368 e. The van der Waals surface area contributed by atoms with Crippen LogP contribution in [0.5, 0.6) is 0 Å². The Morgan fingerprint density at radius 3 is 2.29 bits per heavy atom. The van der Waals surface area contributed by atoms with E-state index < -0.39 is 0 Å². The van der Waals surface area contributed by atoms with Crippen molar-refractivity contribution in [3.05, 3.63) is 65.7 Å². The maximum Gasteiger partial charge on any atom is 0.194 e. The fraction of sp³-hybridized carbons (Fsp3) is 0.409. The number of piperazine rings is 1. The molecule has 1 aliphatic rings. The molecule has 0 radical (unpaired) electrons. The van der Waals surface area contributed by atoms with Crippen molar-refractivity contribution < 1.29 is 0 Å². The van der Waals surface area contributed by atoms with Crippen molar-refractivity contribution in [1.29, 1.82) is 0 Å². The average molecular weight is 493 g/mol. The number of aliphatic imine (C=N–C) groups is 1. The molecule has 3 rings (SSSR count). The van der Waals surface area contributed by atoms with Gasteiger partial charge in [0.15, 0.2) is 5.96 Å². The number of rotatable bonds is 5. The summed E-state index contributed by atoms with van der Waals surface area (Å²) in [6.45, 7) is 5.76. The summed E-state index contributed by atoms with van der Waals surface area (Å²) < 4.78 is 0. The number of hydrogen-bond donors (Lipinski definition) is 1. The quantitative estimate of drug-likeness (QED) is 0.394. The molecule has 0 amide bonds. The van der Waals surface area contributed by atoms with E-state index in [1.807, 2.05) is 7.05 Å². The zero-order valence-corrected chi connectivity index (χ0v) is 19.5. The van der Waals surface area contributed by atoms with Gasteiger partial charge in [-0.15, -0.1) is 24.0 Å². The molecular formula is C22H32IN5. The lowest BCUT2D eigenvalue weighted by Gasteiger charge is -2.37. The van der Waals surface area contributed by atoms with Gasteiger partial charge in [0.25, 0.3) is 0 Å². The molecule has 1 heterocycles. The maximum absolute atomic E-state index is 4.50. The highest BCUT2D eigenvalue weighted by atomic mass is 127. The van der Waals surface area contributed by atoms with Crippen LogP contribution in [0, 0.1) is 0 Å². The summed E-state index contributed by atoms with van der Waals surface area (Å²) in [5, 5.41) is 3.53. The second kappa shape index (κ2) is 11.3. The summed E-state index contributed by atoms with van der Waals surface area (Å²) in [5.41, 5.74) is 3.93. The normalized spacial score (nSPS) is 14.8. The number of halogens is 1. The first-order valence-corrected chi connectivity index (χ1v) is 9.64. The molecule has 0 spiro atoms. The SMILES string of the molecule is CN=C(NCc1cccc(CN(C)C)c1)N1CCN(c2ccccc2)CC1.I. The first-order chi connectivity index (χ1) is 13.2. The van der Waals surface area contributed by atoms with Gasteiger partial charge in [0.1, 0.15) is 0 Å². The van der Waals surface area contributed by atoms with E-state index in [2.05, 4.69) is 93.7 Å². The number of guanidine groups is 1. The molecule has 1 saturated heterocycles. The van der Waals surface area contributed by atoms with Crippen molar-refractivity contribution in [2.75, 3.05) is 52.2 Å². The Kier molecular flexibility index (Phi) is 9.05. The second-order valence-electron chi connectivity index (χ2n) is 7.27. The summed E-state index contributed by atoms with van der Waals surface area (Å²) in [5.74, 6) is 0.987. The maximum atomic E-state index is 4.50. The van der Waals surface area contributed by atoms with Crippen molar-refractivity contribution >= 4 is 35.6 Å². The highest BCUT2D eigenvalue weighted by Gasteiger charge is 2.19. The Balaban J connectivity index is 0.00000280. The van der Waals surface area contributed by atoms with Gasteiger partial charge in [0.2, 0.25) is 0 Å². The third-order valence-corrected chi connectivity index (χ3v) is 4.85. The van der Waals surface area contributed by atoms with Crippen LogP contribution in [-0.4, -0.2) is 63.1 Å². The fourth-order valence-electron chi connectivity index (χ4n) is 3.53. The molecule has 1 fully saturated rings. The monoisotopic (exact) mass is 493 g/mol. The van der Waals surface area contributed by atoms with Gasteiger partial charge in [-0.3, -0.25) is 4.99 Å². The van der Waals surface area contributed by atoms with Gasteiger partial charge < -0.3 is 20.0 Å². The lowest BCUT2D eigenvalue weighted by atomic mass is 10.1. The van der Waals surface area contributed by atoms with Gasteiger partial charge in [0, 0.05) is 52.0 Å². The van der Waals surface area contributed by atoms with Gasteiger partial charge in [-0.05, 0) is 37.4 Å². The molecule has 1 aliphatic heterocycles. The minimum Gasteiger partial charge on any atom is -0.368 e. The summed E-state index contributed by atoms with van der Waals surface area (Å²) in [7, 11) is 6.07. The van der Waals surface area contributed by atoms with Crippen LogP contribution in [0.3, 0.4) is 0 Å². The van der Waals surface area contributed by atoms with E-state index >= 15 is 0 Å². The van der Waals surface area contributed by atoms with E-state index in [1.54, 1.807) is 0 Å². The lowest BCUT2D eigenvalue weighted by Crippen LogP contribution is -2.52. The molecule has 0 aliphatic carbocycles. The van der Waals surface area contributed by atoms with Gasteiger partial charge in [-0.2, -0.15) is 0 Å². The average Bonchev–Trinajstić information content (AvgIpc) is 2.69. The fourth-order valence-corrected chi connectivity index (χ4v) is 3.53. The molecule has 0 saturated carbocycles. The smallest absolute Gasteiger partial charge is 0.194 e. The number of para-hydroxylation sites is 1. The van der Waals surface area contributed by atoms with Crippen molar-refractivity contribution in [2.24, 2.45) is 4.99 Å². The molecule has 2 aromatic rings. The van der Waals surface area contributed by atoms with Crippen LogP contribution >= 0.6 is 24.0 Å². The molecule has 5 nitrogen and oxygen atoms in total. The zero-order chi connectivity index (χ0) is 19.1. The summed E-state index contributed by atoms with van der Waals surface area (Å²) in [6, 6.07) is 19.4. The van der Waals surface area contributed by atoms with Crippen LogP contribution in [0.4, 0.5) is 5.69 Å². The van der Waals surface area contributed by atoms with Crippen LogP contribution in [0.1, 0.15) is 11.1 Å². The number of anilines is 1. The predicted molar refractivity (Wildman–Crippen MR) is 130 cm³/mol. The predicted octanol–water partition coefficient (Wildman–Crippen LogP) is 3.26. The summed E-state index contributed by atoms with van der Waals surface area (Å²) >= 11 is 0. The number of benzene rings is 2. The van der Waals surface area contributed by atoms with Crippen LogP contribution in [-0.2, 0) is 13.1 Å². The van der Waals surface area contributed by atoms with Crippen molar-refractivity contribution in [3.63, 3.8) is 0 Å². The van der Waals surface area contributed by atoms with Crippen molar-refractivity contribution in [3.8, 4) is 0 Å². The third-order valence-electron chi connectivity index (χ3n) is 4.85. The zero-order valence-electron chi connectivity index (χ0n) is 17.1. The van der Waals surface area contributed by atoms with Gasteiger partial charge >= 0.3 is 0 Å². The molecule has 0 aromatic heterocycles. The van der Waals surface area contributed by atoms with Crippen LogP contribution < -0.4 is 10.2 Å². The van der Waals surface area contributed by atoms with E-state index in [-0.39, 0.29) is 24.0 Å². The third kappa shape index (κ3) is 6.38. The Labute approximate surface area is 186 Å². The van der Waals surface area contributed by atoms with E-state index in [9.17, 15) is 0 Å². The van der Waals surface area contributed by atoms with E-state index in [4.69, 9.17) is 0 Å². The minimum atomic E-state index is 0. The van der Waals surface area contributed by atoms with E-state index in [1.165, 1.54) is 16.8 Å². The van der Waals surface area contributed by atoms with Crippen LogP contribution in [0.25, 0.3) is 0 Å². The Morgan fingerprint density at radius 1 is 0.964 bits per heavy atom. The Morgan fingerprint density at radius 2 is 1.64 bits per heavy atom. The van der Waals surface area contributed by atoms with Crippen molar-refractivity contribution in [2.45, 2.75) is 13.1 Å². The van der Waals surface area contributed by atoms with Gasteiger partial charge in [-0.1, -0.05) is 42.5 Å². The molecule has 28 heavy (non-hydrogen) atoms. The molecule has 152 valence electrons. The number of hydrogen-bond acceptors (Lipinski definition) is 3. The number of nitrogens with one attached hydrogen (secondary N) is 1. The highest BCUT2D eigenvalue weighted by molar-refractivity contribution is 14.0. The molecule has 0 bridgehead atoms. The minimum absolute atomic E-state index is 0. The van der Waals surface area contributed by atoms with Gasteiger partial charge in [-0.25, -0.2) is 0 Å². The second-order valence-corrected chi connectivity index (χ2v) is 7.27. The van der Waals surface area contributed by atoms with E-state index in [0.717, 1.165) is 45.2 Å². The van der Waals surface area contributed by atoms with Gasteiger partial charge in [0.05, 0.1) is 0 Å². The van der Waals surface area contributed by atoms with Crippen LogP contribution in [0.15, 0.2) is 59.6 Å². The van der Waals surface area contributed by atoms with Crippen molar-refractivity contribution in [1.82, 2.24) is 15.1 Å². The molecule has 0 unspecified atom stereocenters. The molecule has 1 N–H and O–H groups in total. The molecule has 6 heteroatoms. The topological polar surface area (TPSA) is 34.1 Å². The number of nitrogens with zero attached hydrogens (tertiary/aromatic N) is 4. The van der Waals surface area contributed by atoms with Crippen LogP contribution in [0.2, 0.25) is 0 Å². The first kappa shape index (κ1) is 22.5. The lowest BCUT2D eigenvalue weighted by molar-refractivity contribution is 0.372. The standard InChI is InChI=1S/C22H31N5.HI/c1-23-22(24-17-19-8-7-9-20(16-19)18-25(2)3)27-14-12-26(13-15-27)21-10-5-4-6-11-21;/h4-11,16H,12-15,17-18H2,1-3H3,(H,23,24);1H.